The SMILES string of the molecule is CCc1c(F)ccc2cc(O)cc(-c3ncc4c(N5CCC(C)(O)C5)nc(C)nc4c3F)c12. The lowest BCUT2D eigenvalue weighted by Gasteiger charge is -2.22. The van der Waals surface area contributed by atoms with Crippen molar-refractivity contribution in [1.82, 2.24) is 15.0 Å². The van der Waals surface area contributed by atoms with Gasteiger partial charge in [0.05, 0.1) is 11.0 Å². The molecular formula is C25H24F2N4O2. The first-order valence-corrected chi connectivity index (χ1v) is 10.9. The number of aromatic nitrogens is 3. The van der Waals surface area contributed by atoms with Crippen LogP contribution in [0.1, 0.15) is 31.7 Å². The largest absolute Gasteiger partial charge is 0.508 e. The molecule has 0 aliphatic carbocycles. The topological polar surface area (TPSA) is 82.4 Å². The van der Waals surface area contributed by atoms with Gasteiger partial charge in [0, 0.05) is 24.8 Å². The fourth-order valence-corrected chi connectivity index (χ4v) is 4.74. The van der Waals surface area contributed by atoms with Gasteiger partial charge in [-0.1, -0.05) is 13.0 Å². The first-order chi connectivity index (χ1) is 15.7. The van der Waals surface area contributed by atoms with Gasteiger partial charge < -0.3 is 15.1 Å². The van der Waals surface area contributed by atoms with Gasteiger partial charge >= 0.3 is 0 Å². The molecule has 0 radical (unpaired) electrons. The molecule has 4 aromatic rings. The Morgan fingerprint density at radius 1 is 1.18 bits per heavy atom. The maximum atomic E-state index is 16.0. The number of hydrogen-bond acceptors (Lipinski definition) is 6. The third-order valence-corrected chi connectivity index (χ3v) is 6.29. The summed E-state index contributed by atoms with van der Waals surface area (Å²) in [5, 5.41) is 22.2. The second kappa shape index (κ2) is 7.59. The maximum absolute atomic E-state index is 16.0. The summed E-state index contributed by atoms with van der Waals surface area (Å²) < 4.78 is 30.5. The van der Waals surface area contributed by atoms with E-state index in [2.05, 4.69) is 15.0 Å². The summed E-state index contributed by atoms with van der Waals surface area (Å²) in [6, 6.07) is 5.85. The second-order valence-corrected chi connectivity index (χ2v) is 8.92. The number of pyridine rings is 1. The first-order valence-electron chi connectivity index (χ1n) is 10.9. The Labute approximate surface area is 189 Å². The molecule has 2 N–H and O–H groups in total. The van der Waals surface area contributed by atoms with Crippen LogP contribution in [-0.4, -0.2) is 43.9 Å². The number of aromatic hydroxyl groups is 1. The van der Waals surface area contributed by atoms with E-state index in [9.17, 15) is 14.6 Å². The van der Waals surface area contributed by atoms with Crippen molar-refractivity contribution in [3.05, 3.63) is 53.5 Å². The number of fused-ring (bicyclic) bond motifs is 2. The Morgan fingerprint density at radius 2 is 1.97 bits per heavy atom. The minimum atomic E-state index is -0.849. The highest BCUT2D eigenvalue weighted by molar-refractivity contribution is 6.01. The standard InChI is InChI=1S/C25H24F2N4O2/c1-4-16-19(26)6-5-14-9-15(32)10-17(20(14)16)22-21(27)23-18(11-28-22)24(30-13(2)29-23)31-8-7-25(3,33)12-31/h5-6,9-11,32-33H,4,7-8,12H2,1-3H3. The van der Waals surface area contributed by atoms with E-state index in [4.69, 9.17) is 0 Å². The van der Waals surface area contributed by atoms with Crippen LogP contribution in [0.15, 0.2) is 30.5 Å². The molecule has 0 amide bonds. The number of nitrogens with zero attached hydrogens (tertiary/aromatic N) is 4. The van der Waals surface area contributed by atoms with E-state index in [1.165, 1.54) is 24.4 Å². The Morgan fingerprint density at radius 3 is 2.67 bits per heavy atom. The Kier molecular flexibility index (Phi) is 4.93. The zero-order valence-electron chi connectivity index (χ0n) is 18.7. The Hall–Kier alpha value is -3.39. The van der Waals surface area contributed by atoms with Crippen molar-refractivity contribution in [2.24, 2.45) is 0 Å². The van der Waals surface area contributed by atoms with Gasteiger partial charge in [-0.05, 0) is 61.2 Å². The van der Waals surface area contributed by atoms with Crippen molar-refractivity contribution in [3.63, 3.8) is 0 Å². The third-order valence-electron chi connectivity index (χ3n) is 6.29. The highest BCUT2D eigenvalue weighted by atomic mass is 19.1. The molecule has 1 saturated heterocycles. The van der Waals surface area contributed by atoms with E-state index in [1.54, 1.807) is 19.9 Å². The van der Waals surface area contributed by atoms with Crippen LogP contribution in [0.3, 0.4) is 0 Å². The van der Waals surface area contributed by atoms with Gasteiger partial charge in [0.15, 0.2) is 5.82 Å². The van der Waals surface area contributed by atoms with E-state index >= 15 is 4.39 Å². The molecule has 33 heavy (non-hydrogen) atoms. The van der Waals surface area contributed by atoms with Gasteiger partial charge in [-0.3, -0.25) is 4.98 Å². The van der Waals surface area contributed by atoms with Gasteiger partial charge in [0.25, 0.3) is 0 Å². The zero-order valence-corrected chi connectivity index (χ0v) is 18.7. The van der Waals surface area contributed by atoms with Gasteiger partial charge in [0.2, 0.25) is 0 Å². The minimum Gasteiger partial charge on any atom is -0.508 e. The molecule has 1 atom stereocenters. The van der Waals surface area contributed by atoms with Crippen molar-refractivity contribution in [1.29, 1.82) is 0 Å². The smallest absolute Gasteiger partial charge is 0.175 e. The van der Waals surface area contributed by atoms with Crippen molar-refractivity contribution < 1.29 is 19.0 Å². The van der Waals surface area contributed by atoms with Crippen LogP contribution < -0.4 is 4.90 Å². The van der Waals surface area contributed by atoms with E-state index in [0.717, 1.165) is 0 Å². The molecule has 0 spiro atoms. The molecule has 8 heteroatoms. The highest BCUT2D eigenvalue weighted by Gasteiger charge is 2.33. The van der Waals surface area contributed by atoms with Crippen LogP contribution in [0.4, 0.5) is 14.6 Å². The lowest BCUT2D eigenvalue weighted by atomic mass is 9.94. The normalized spacial score (nSPS) is 18.5. The Bertz CT molecular complexity index is 1420. The molecule has 170 valence electrons. The summed E-state index contributed by atoms with van der Waals surface area (Å²) in [7, 11) is 0. The van der Waals surface area contributed by atoms with Crippen LogP contribution in [0.25, 0.3) is 32.9 Å². The van der Waals surface area contributed by atoms with Gasteiger partial charge in [-0.2, -0.15) is 0 Å². The van der Waals surface area contributed by atoms with Crippen molar-refractivity contribution in [2.45, 2.75) is 39.2 Å². The molecule has 5 rings (SSSR count). The predicted octanol–water partition coefficient (Wildman–Crippen LogP) is 4.66. The van der Waals surface area contributed by atoms with Crippen molar-refractivity contribution in [2.75, 3.05) is 18.0 Å². The summed E-state index contributed by atoms with van der Waals surface area (Å²) in [5.41, 5.74) is -0.0236. The monoisotopic (exact) mass is 450 g/mol. The van der Waals surface area contributed by atoms with E-state index in [1.807, 2.05) is 11.8 Å². The number of anilines is 1. The van der Waals surface area contributed by atoms with Gasteiger partial charge in [-0.25, -0.2) is 18.7 Å². The lowest BCUT2D eigenvalue weighted by Crippen LogP contribution is -2.30. The number of rotatable bonds is 3. The average molecular weight is 450 g/mol. The predicted molar refractivity (Wildman–Crippen MR) is 123 cm³/mol. The summed E-state index contributed by atoms with van der Waals surface area (Å²) in [6.45, 7) is 6.23. The van der Waals surface area contributed by atoms with E-state index < -0.39 is 11.4 Å². The van der Waals surface area contributed by atoms with E-state index in [-0.39, 0.29) is 22.8 Å². The zero-order chi connectivity index (χ0) is 23.5. The number of aryl methyl sites for hydroxylation is 2. The van der Waals surface area contributed by atoms with Crippen LogP contribution >= 0.6 is 0 Å². The first kappa shape index (κ1) is 21.5. The van der Waals surface area contributed by atoms with Gasteiger partial charge in [-0.15, -0.1) is 0 Å². The molecule has 3 heterocycles. The number of phenolic OH excluding ortho intramolecular Hbond substituents is 1. The van der Waals surface area contributed by atoms with Crippen molar-refractivity contribution >= 4 is 27.5 Å². The summed E-state index contributed by atoms with van der Waals surface area (Å²) in [4.78, 5) is 15.1. The molecule has 2 aromatic carbocycles. The summed E-state index contributed by atoms with van der Waals surface area (Å²) in [6.07, 6.45) is 2.49. The number of aliphatic hydroxyl groups is 1. The molecule has 1 aliphatic rings. The third kappa shape index (κ3) is 3.54. The number of β-amino-alcohol motifs (C(OH)–C–C–N with tert-alkyl or cyclic N) is 1. The van der Waals surface area contributed by atoms with Crippen LogP contribution in [0, 0.1) is 18.6 Å². The van der Waals surface area contributed by atoms with Gasteiger partial charge in [0.1, 0.15) is 34.4 Å². The quantitative estimate of drug-likeness (QED) is 0.472. The van der Waals surface area contributed by atoms with E-state index in [0.29, 0.717) is 64.9 Å². The van der Waals surface area contributed by atoms with Crippen LogP contribution in [-0.2, 0) is 6.42 Å². The molecular weight excluding hydrogens is 426 g/mol. The fraction of sp³-hybridized carbons (Fsp3) is 0.320. The molecule has 1 unspecified atom stereocenters. The summed E-state index contributed by atoms with van der Waals surface area (Å²) in [5.74, 6) is -0.204. The number of halogens is 2. The highest BCUT2D eigenvalue weighted by Crippen LogP contribution is 2.39. The lowest BCUT2D eigenvalue weighted by molar-refractivity contribution is 0.0839. The molecule has 0 saturated carbocycles. The second-order valence-electron chi connectivity index (χ2n) is 8.92. The minimum absolute atomic E-state index is 0.0128. The number of benzene rings is 2. The molecule has 0 bridgehead atoms. The van der Waals surface area contributed by atoms with Crippen LogP contribution in [0.5, 0.6) is 5.75 Å². The average Bonchev–Trinajstić information content (AvgIpc) is 3.13. The molecule has 1 fully saturated rings. The van der Waals surface area contributed by atoms with Crippen LogP contribution in [0.2, 0.25) is 0 Å². The molecule has 2 aromatic heterocycles. The fourth-order valence-electron chi connectivity index (χ4n) is 4.74. The molecule has 1 aliphatic heterocycles. The number of hydrogen-bond donors (Lipinski definition) is 2. The Balaban J connectivity index is 1.77. The molecule has 6 nitrogen and oxygen atoms in total. The number of phenols is 1. The summed E-state index contributed by atoms with van der Waals surface area (Å²) >= 11 is 0. The van der Waals surface area contributed by atoms with Crippen molar-refractivity contribution in [3.8, 4) is 17.0 Å². The maximum Gasteiger partial charge on any atom is 0.175 e.